The minimum absolute atomic E-state index is 0.231. The fourth-order valence-corrected chi connectivity index (χ4v) is 3.52. The first kappa shape index (κ1) is 16.7. The molecule has 3 heterocycles. The molecule has 130 valence electrons. The van der Waals surface area contributed by atoms with E-state index in [9.17, 15) is 4.79 Å². The van der Waals surface area contributed by atoms with E-state index in [2.05, 4.69) is 33.6 Å². The predicted molar refractivity (Wildman–Crippen MR) is 92.8 cm³/mol. The first-order chi connectivity index (χ1) is 11.6. The van der Waals surface area contributed by atoms with E-state index in [0.29, 0.717) is 18.8 Å². The van der Waals surface area contributed by atoms with Gasteiger partial charge < -0.3 is 9.47 Å². The van der Waals surface area contributed by atoms with Gasteiger partial charge in [-0.2, -0.15) is 5.10 Å². The topological polar surface area (TPSA) is 66.8 Å². The summed E-state index contributed by atoms with van der Waals surface area (Å²) in [6, 6.07) is 0. The highest BCUT2D eigenvalue weighted by Crippen LogP contribution is 2.26. The Bertz CT molecular complexity index is 702. The van der Waals surface area contributed by atoms with Gasteiger partial charge in [0.25, 0.3) is 0 Å². The molecule has 6 nitrogen and oxygen atoms in total. The molecule has 24 heavy (non-hydrogen) atoms. The van der Waals surface area contributed by atoms with Gasteiger partial charge in [-0.05, 0) is 39.2 Å². The van der Waals surface area contributed by atoms with Gasteiger partial charge in [0.2, 0.25) is 5.91 Å². The number of rotatable bonds is 5. The molecular weight excluding hydrogens is 302 g/mol. The number of likely N-dealkylation sites (tertiary alicyclic amines) is 1. The molecule has 0 saturated carbocycles. The van der Waals surface area contributed by atoms with Crippen LogP contribution in [0.2, 0.25) is 0 Å². The molecule has 1 fully saturated rings. The van der Waals surface area contributed by atoms with Gasteiger partial charge in [-0.1, -0.05) is 0 Å². The van der Waals surface area contributed by atoms with Crippen molar-refractivity contribution in [2.45, 2.75) is 58.9 Å². The van der Waals surface area contributed by atoms with E-state index in [0.717, 1.165) is 49.7 Å². The Balaban J connectivity index is 1.60. The fraction of sp³-hybridized carbons (Fsp3) is 0.611. The zero-order valence-electron chi connectivity index (χ0n) is 14.9. The van der Waals surface area contributed by atoms with Crippen LogP contribution in [0.5, 0.6) is 0 Å². The van der Waals surface area contributed by atoms with Gasteiger partial charge >= 0.3 is 0 Å². The summed E-state index contributed by atoms with van der Waals surface area (Å²) in [7, 11) is 0. The summed E-state index contributed by atoms with van der Waals surface area (Å²) in [6.45, 7) is 8.77. The van der Waals surface area contributed by atoms with Crippen molar-refractivity contribution in [3.8, 4) is 0 Å². The normalized spacial score (nSPS) is 18.1. The Kier molecular flexibility index (Phi) is 5.02. The molecule has 2 aromatic rings. The standard InChI is InChI=1S/C18H27N5O/c1-4-22-11-9-19-18(22)15-6-5-10-23(12-15)17(24)8-7-16-13(2)14(3)20-21-16/h9,11,15H,4-8,10,12H2,1-3H3,(H,20,21). The van der Waals surface area contributed by atoms with E-state index in [4.69, 9.17) is 0 Å². The number of amides is 1. The number of H-pyrrole nitrogens is 1. The molecule has 0 spiro atoms. The first-order valence-electron chi connectivity index (χ1n) is 8.89. The van der Waals surface area contributed by atoms with Crippen molar-refractivity contribution in [2.24, 2.45) is 0 Å². The molecule has 1 N–H and O–H groups in total. The zero-order chi connectivity index (χ0) is 17.1. The summed E-state index contributed by atoms with van der Waals surface area (Å²) in [5, 5.41) is 7.29. The average molecular weight is 329 g/mol. The van der Waals surface area contributed by atoms with Crippen molar-refractivity contribution in [3.63, 3.8) is 0 Å². The minimum Gasteiger partial charge on any atom is -0.342 e. The van der Waals surface area contributed by atoms with Gasteiger partial charge in [-0.3, -0.25) is 9.89 Å². The van der Waals surface area contributed by atoms with E-state index in [-0.39, 0.29) is 5.91 Å². The molecule has 1 aliphatic heterocycles. The molecule has 3 rings (SSSR count). The summed E-state index contributed by atoms with van der Waals surface area (Å²) in [6.07, 6.45) is 7.28. The first-order valence-corrected chi connectivity index (χ1v) is 8.89. The highest BCUT2D eigenvalue weighted by Gasteiger charge is 2.27. The summed E-state index contributed by atoms with van der Waals surface area (Å²) in [5.41, 5.74) is 3.27. The maximum absolute atomic E-state index is 12.6. The van der Waals surface area contributed by atoms with E-state index < -0.39 is 0 Å². The third-order valence-corrected chi connectivity index (χ3v) is 5.16. The lowest BCUT2D eigenvalue weighted by molar-refractivity contribution is -0.132. The number of piperidine rings is 1. The van der Waals surface area contributed by atoms with Gasteiger partial charge in [0.05, 0.1) is 5.69 Å². The number of nitrogens with zero attached hydrogens (tertiary/aromatic N) is 4. The van der Waals surface area contributed by atoms with Crippen LogP contribution in [0, 0.1) is 13.8 Å². The largest absolute Gasteiger partial charge is 0.342 e. The third-order valence-electron chi connectivity index (χ3n) is 5.16. The van der Waals surface area contributed by atoms with Crippen molar-refractivity contribution in [1.29, 1.82) is 0 Å². The monoisotopic (exact) mass is 329 g/mol. The molecule has 1 amide bonds. The number of hydrogen-bond donors (Lipinski definition) is 1. The SMILES string of the molecule is CCn1ccnc1C1CCCN(C(=O)CCc2n[nH]c(C)c2C)C1. The second-order valence-corrected chi connectivity index (χ2v) is 6.67. The average Bonchev–Trinajstić information content (AvgIpc) is 3.20. The van der Waals surface area contributed by atoms with Crippen LogP contribution in [0.4, 0.5) is 0 Å². The molecule has 1 atom stereocenters. The van der Waals surface area contributed by atoms with Crippen LogP contribution in [0.15, 0.2) is 12.4 Å². The van der Waals surface area contributed by atoms with Crippen molar-refractivity contribution in [1.82, 2.24) is 24.6 Å². The number of carbonyl (C=O) groups is 1. The van der Waals surface area contributed by atoms with Crippen molar-refractivity contribution >= 4 is 5.91 Å². The Hall–Kier alpha value is -2.11. The maximum atomic E-state index is 12.6. The molecule has 0 aliphatic carbocycles. The van der Waals surface area contributed by atoms with E-state index in [1.807, 2.05) is 24.2 Å². The summed E-state index contributed by atoms with van der Waals surface area (Å²) < 4.78 is 2.19. The van der Waals surface area contributed by atoms with Crippen LogP contribution in [0.25, 0.3) is 0 Å². The lowest BCUT2D eigenvalue weighted by Gasteiger charge is -2.32. The molecule has 1 unspecified atom stereocenters. The minimum atomic E-state index is 0.231. The van der Waals surface area contributed by atoms with Crippen LogP contribution in [-0.2, 0) is 17.8 Å². The lowest BCUT2D eigenvalue weighted by Crippen LogP contribution is -2.39. The quantitative estimate of drug-likeness (QED) is 0.917. The second kappa shape index (κ2) is 7.20. The Morgan fingerprint density at radius 2 is 2.25 bits per heavy atom. The summed E-state index contributed by atoms with van der Waals surface area (Å²) in [5.74, 6) is 1.70. The number of aromatic nitrogens is 4. The predicted octanol–water partition coefficient (Wildman–Crippen LogP) is 2.58. The molecule has 1 saturated heterocycles. The van der Waals surface area contributed by atoms with Crippen LogP contribution in [0.3, 0.4) is 0 Å². The van der Waals surface area contributed by atoms with Crippen molar-refractivity contribution in [3.05, 3.63) is 35.2 Å². The highest BCUT2D eigenvalue weighted by atomic mass is 16.2. The Morgan fingerprint density at radius 1 is 1.42 bits per heavy atom. The third kappa shape index (κ3) is 3.37. The molecule has 0 radical (unpaired) electrons. The van der Waals surface area contributed by atoms with Crippen LogP contribution in [-0.4, -0.2) is 43.6 Å². The van der Waals surface area contributed by atoms with Crippen molar-refractivity contribution in [2.75, 3.05) is 13.1 Å². The van der Waals surface area contributed by atoms with Gasteiger partial charge in [0, 0.05) is 56.5 Å². The number of carbonyl (C=O) groups excluding carboxylic acids is 1. The molecule has 0 bridgehead atoms. The summed E-state index contributed by atoms with van der Waals surface area (Å²) in [4.78, 5) is 19.2. The van der Waals surface area contributed by atoms with Gasteiger partial charge in [-0.15, -0.1) is 0 Å². The Morgan fingerprint density at radius 3 is 2.96 bits per heavy atom. The smallest absolute Gasteiger partial charge is 0.222 e. The van der Waals surface area contributed by atoms with Crippen LogP contribution in [0.1, 0.15) is 54.9 Å². The Labute approximate surface area is 143 Å². The zero-order valence-corrected chi connectivity index (χ0v) is 14.9. The van der Waals surface area contributed by atoms with Crippen LogP contribution >= 0.6 is 0 Å². The number of nitrogens with one attached hydrogen (secondary N) is 1. The molecule has 0 aromatic carbocycles. The van der Waals surface area contributed by atoms with Gasteiger partial charge in [0.1, 0.15) is 5.82 Å². The maximum Gasteiger partial charge on any atom is 0.222 e. The highest BCUT2D eigenvalue weighted by molar-refractivity contribution is 5.76. The number of aromatic amines is 1. The van der Waals surface area contributed by atoms with Crippen molar-refractivity contribution < 1.29 is 4.79 Å². The lowest BCUT2D eigenvalue weighted by atomic mass is 9.96. The molecular formula is C18H27N5O. The van der Waals surface area contributed by atoms with Crippen LogP contribution < -0.4 is 0 Å². The van der Waals surface area contributed by atoms with Gasteiger partial charge in [-0.25, -0.2) is 4.98 Å². The number of hydrogen-bond acceptors (Lipinski definition) is 3. The molecule has 2 aromatic heterocycles. The van der Waals surface area contributed by atoms with E-state index >= 15 is 0 Å². The van der Waals surface area contributed by atoms with E-state index in [1.54, 1.807) is 0 Å². The number of aryl methyl sites for hydroxylation is 3. The van der Waals surface area contributed by atoms with E-state index in [1.165, 1.54) is 5.56 Å². The molecule has 1 aliphatic rings. The van der Waals surface area contributed by atoms with Gasteiger partial charge in [0.15, 0.2) is 0 Å². The number of imidazole rings is 1. The summed E-state index contributed by atoms with van der Waals surface area (Å²) >= 11 is 0. The molecule has 6 heteroatoms. The second-order valence-electron chi connectivity index (χ2n) is 6.67. The fourth-order valence-electron chi connectivity index (χ4n) is 3.52.